The summed E-state index contributed by atoms with van der Waals surface area (Å²) in [6.45, 7) is 7.50. The second-order valence-corrected chi connectivity index (χ2v) is 12.9. The maximum atomic E-state index is 13.0. The Kier molecular flexibility index (Phi) is 11.3. The van der Waals surface area contributed by atoms with E-state index in [4.69, 9.17) is 9.97 Å². The van der Waals surface area contributed by atoms with Gasteiger partial charge in [-0.05, 0) is 81.6 Å². The summed E-state index contributed by atoms with van der Waals surface area (Å²) >= 11 is 1.41. The molecule has 0 spiro atoms. The predicted octanol–water partition coefficient (Wildman–Crippen LogP) is 5.38. The van der Waals surface area contributed by atoms with E-state index in [0.717, 1.165) is 47.8 Å². The van der Waals surface area contributed by atoms with Gasteiger partial charge in [0.15, 0.2) is 0 Å². The van der Waals surface area contributed by atoms with Gasteiger partial charge in [-0.1, -0.05) is 12.1 Å². The Morgan fingerprint density at radius 1 is 0.745 bits per heavy atom. The molecule has 0 atom stereocenters. The summed E-state index contributed by atoms with van der Waals surface area (Å²) in [5, 5.41) is 20.4. The molecule has 5 aromatic rings. The lowest BCUT2D eigenvalue weighted by Crippen LogP contribution is -2.42. The van der Waals surface area contributed by atoms with Gasteiger partial charge in [0.1, 0.15) is 17.5 Å². The first-order chi connectivity index (χ1) is 24.8. The van der Waals surface area contributed by atoms with Crippen LogP contribution < -0.4 is 31.9 Å². The van der Waals surface area contributed by atoms with Crippen LogP contribution in [0, 0.1) is 13.8 Å². The first kappa shape index (κ1) is 35.2. The molecule has 2 amide bonds. The zero-order valence-electron chi connectivity index (χ0n) is 29.1. The fourth-order valence-corrected chi connectivity index (χ4v) is 5.99. The number of anilines is 7. The van der Waals surface area contributed by atoms with Crippen molar-refractivity contribution in [2.45, 2.75) is 33.1 Å². The third kappa shape index (κ3) is 9.32. The molecule has 3 aromatic heterocycles. The number of rotatable bonds is 15. The summed E-state index contributed by atoms with van der Waals surface area (Å²) in [5.41, 5.74) is 7.54. The van der Waals surface area contributed by atoms with E-state index >= 15 is 0 Å². The van der Waals surface area contributed by atoms with E-state index in [1.165, 1.54) is 17.8 Å². The number of amides is 2. The number of benzene rings is 2. The molecule has 15 heteroatoms. The molecule has 1 saturated heterocycles. The van der Waals surface area contributed by atoms with Gasteiger partial charge in [0.05, 0.1) is 5.51 Å². The van der Waals surface area contributed by atoms with Crippen LogP contribution in [0.3, 0.4) is 0 Å². The van der Waals surface area contributed by atoms with Crippen molar-refractivity contribution in [2.24, 2.45) is 0 Å². The minimum Gasteiger partial charge on any atom is -0.373 e. The second-order valence-electron chi connectivity index (χ2n) is 12.2. The molecule has 0 bridgehead atoms. The van der Waals surface area contributed by atoms with Crippen LogP contribution in [-0.4, -0.2) is 81.9 Å². The van der Waals surface area contributed by atoms with Gasteiger partial charge in [0.25, 0.3) is 11.8 Å². The quantitative estimate of drug-likeness (QED) is 0.0822. The van der Waals surface area contributed by atoms with Crippen molar-refractivity contribution in [2.75, 3.05) is 66.9 Å². The van der Waals surface area contributed by atoms with E-state index in [9.17, 15) is 9.59 Å². The molecule has 0 unspecified atom stereocenters. The summed E-state index contributed by atoms with van der Waals surface area (Å²) in [7, 11) is 3.61. The Morgan fingerprint density at radius 3 is 1.80 bits per heavy atom. The van der Waals surface area contributed by atoms with Gasteiger partial charge in [-0.25, -0.2) is 15.0 Å². The molecule has 1 aliphatic rings. The third-order valence-electron chi connectivity index (χ3n) is 8.52. The van der Waals surface area contributed by atoms with Gasteiger partial charge in [-0.3, -0.25) is 9.59 Å². The third-order valence-corrected chi connectivity index (χ3v) is 9.11. The van der Waals surface area contributed by atoms with Crippen LogP contribution in [0.5, 0.6) is 0 Å². The lowest BCUT2D eigenvalue weighted by molar-refractivity contribution is 0.0940. The SMILES string of the molecule is CNc1cc(CCc2cc(NC)nc(Nc3ccc(C)c(C(=O)Nc4cscn4)c3)n2)nc(Nc2ccc(C)c(C(=O)NCCN3CCC3)c2)n1. The Hall–Kier alpha value is -5.67. The molecular formula is C36H42N12O2S. The van der Waals surface area contributed by atoms with Crippen LogP contribution in [0.25, 0.3) is 0 Å². The molecule has 0 radical (unpaired) electrons. The highest BCUT2D eigenvalue weighted by Crippen LogP contribution is 2.23. The number of likely N-dealkylation sites (tertiary alicyclic amines) is 1. The van der Waals surface area contributed by atoms with Gasteiger partial charge < -0.3 is 36.8 Å². The maximum absolute atomic E-state index is 13.0. The van der Waals surface area contributed by atoms with Crippen molar-refractivity contribution in [1.82, 2.24) is 35.1 Å². The van der Waals surface area contributed by atoms with Crippen LogP contribution >= 0.6 is 11.3 Å². The van der Waals surface area contributed by atoms with Crippen molar-refractivity contribution in [1.29, 1.82) is 0 Å². The summed E-state index contributed by atoms with van der Waals surface area (Å²) in [6.07, 6.45) is 2.38. The lowest BCUT2D eigenvalue weighted by Gasteiger charge is -2.30. The number of hydrogen-bond acceptors (Lipinski definition) is 13. The highest BCUT2D eigenvalue weighted by atomic mass is 32.1. The molecule has 6 rings (SSSR count). The Bertz CT molecular complexity index is 2000. The van der Waals surface area contributed by atoms with E-state index in [1.54, 1.807) is 24.0 Å². The molecule has 6 N–H and O–H groups in total. The Balaban J connectivity index is 1.13. The Labute approximate surface area is 301 Å². The summed E-state index contributed by atoms with van der Waals surface area (Å²) < 4.78 is 0. The number of aryl methyl sites for hydroxylation is 4. The highest BCUT2D eigenvalue weighted by Gasteiger charge is 2.16. The zero-order chi connectivity index (χ0) is 35.7. The number of nitrogens with zero attached hydrogens (tertiary/aromatic N) is 6. The molecule has 14 nitrogen and oxygen atoms in total. The topological polar surface area (TPSA) is 174 Å². The van der Waals surface area contributed by atoms with Crippen molar-refractivity contribution in [3.8, 4) is 0 Å². The molecule has 0 saturated carbocycles. The monoisotopic (exact) mass is 706 g/mol. The Morgan fingerprint density at radius 2 is 1.31 bits per heavy atom. The van der Waals surface area contributed by atoms with Gasteiger partial charge >= 0.3 is 0 Å². The molecule has 51 heavy (non-hydrogen) atoms. The number of hydrogen-bond donors (Lipinski definition) is 6. The van der Waals surface area contributed by atoms with E-state index in [-0.39, 0.29) is 11.8 Å². The van der Waals surface area contributed by atoms with Gasteiger partial charge in [0.2, 0.25) is 11.9 Å². The summed E-state index contributed by atoms with van der Waals surface area (Å²) in [6, 6.07) is 15.0. The van der Waals surface area contributed by atoms with Gasteiger partial charge in [-0.15, -0.1) is 11.3 Å². The van der Waals surface area contributed by atoms with Crippen LogP contribution in [0.15, 0.2) is 59.4 Å². The van der Waals surface area contributed by atoms with E-state index in [2.05, 4.69) is 51.8 Å². The van der Waals surface area contributed by atoms with E-state index < -0.39 is 0 Å². The molecule has 4 heterocycles. The van der Waals surface area contributed by atoms with Crippen molar-refractivity contribution in [3.63, 3.8) is 0 Å². The number of thiazole rings is 1. The molecule has 1 fully saturated rings. The van der Waals surface area contributed by atoms with Crippen LogP contribution in [0.2, 0.25) is 0 Å². The minimum atomic E-state index is -0.242. The number of nitrogens with one attached hydrogen (secondary N) is 6. The molecule has 0 aliphatic carbocycles. The van der Waals surface area contributed by atoms with Crippen LogP contribution in [-0.2, 0) is 12.8 Å². The average molecular weight is 707 g/mol. The zero-order valence-corrected chi connectivity index (χ0v) is 29.9. The van der Waals surface area contributed by atoms with Crippen molar-refractivity contribution < 1.29 is 9.59 Å². The van der Waals surface area contributed by atoms with Gasteiger partial charge in [0, 0.05) is 78.6 Å². The first-order valence-corrected chi connectivity index (χ1v) is 17.8. The standard InChI is InChI=1S/C36H42N12O2S/c1-22-6-8-24(16-28(22)33(49)39-12-15-48-13-5-14-48)41-35-43-26(18-30(37-3)46-35)10-11-27-19-31(38-4)47-36(44-27)42-25-9-7-23(2)29(17-25)34(50)45-32-20-51-21-40-32/h6-9,16-21H,5,10-15H2,1-4H3,(H,39,49)(H,45,50)(H2,37,41,43,46)(H2,38,42,44,47). The van der Waals surface area contributed by atoms with E-state index in [1.807, 2.05) is 63.4 Å². The molecule has 2 aromatic carbocycles. The normalized spacial score (nSPS) is 12.5. The lowest BCUT2D eigenvalue weighted by atomic mass is 10.1. The largest absolute Gasteiger partial charge is 0.373 e. The maximum Gasteiger partial charge on any atom is 0.257 e. The van der Waals surface area contributed by atoms with Crippen LogP contribution in [0.4, 0.5) is 40.7 Å². The first-order valence-electron chi connectivity index (χ1n) is 16.8. The van der Waals surface area contributed by atoms with Crippen molar-refractivity contribution in [3.05, 3.63) is 93.1 Å². The van der Waals surface area contributed by atoms with Crippen molar-refractivity contribution >= 4 is 63.9 Å². The fourth-order valence-electron chi connectivity index (χ4n) is 5.51. The summed E-state index contributed by atoms with van der Waals surface area (Å²) in [4.78, 5) is 51.1. The predicted molar refractivity (Wildman–Crippen MR) is 203 cm³/mol. The van der Waals surface area contributed by atoms with Gasteiger partial charge in [-0.2, -0.15) is 9.97 Å². The van der Waals surface area contributed by atoms with E-state index in [0.29, 0.717) is 65.6 Å². The summed E-state index contributed by atoms with van der Waals surface area (Å²) in [5.74, 6) is 2.30. The smallest absolute Gasteiger partial charge is 0.257 e. The number of aromatic nitrogens is 5. The number of carbonyl (C=O) groups is 2. The average Bonchev–Trinajstić information content (AvgIpc) is 3.62. The fraction of sp³-hybridized carbons (Fsp3) is 0.306. The highest BCUT2D eigenvalue weighted by molar-refractivity contribution is 7.07. The number of carbonyl (C=O) groups excluding carboxylic acids is 2. The molecule has 264 valence electrons. The minimum absolute atomic E-state index is 0.0955. The van der Waals surface area contributed by atoms with Crippen LogP contribution in [0.1, 0.15) is 49.7 Å². The molecular weight excluding hydrogens is 665 g/mol. The second kappa shape index (κ2) is 16.4. The molecule has 1 aliphatic heterocycles.